The predicted molar refractivity (Wildman–Crippen MR) is 136 cm³/mol. The van der Waals surface area contributed by atoms with Crippen LogP contribution in [0.15, 0.2) is 109 Å². The average Bonchev–Trinajstić information content (AvgIpc) is 2.85. The number of anilines is 2. The van der Waals surface area contributed by atoms with Crippen molar-refractivity contribution in [1.29, 1.82) is 0 Å². The van der Waals surface area contributed by atoms with Gasteiger partial charge >= 0.3 is 0 Å². The quantitative estimate of drug-likeness (QED) is 0.339. The molecule has 0 aliphatic rings. The maximum absolute atomic E-state index is 12.6. The standard InChI is InChI=1S/C27H21N3O2S/c31-25(21-10-5-2-6-11-21)28-23-12-7-13-24(18-23)29-27(33)30-26(32)22-16-14-20(15-17-22)19-8-3-1-4-9-19/h1-18H,(H,28,31)(H2,29,30,32,33). The Labute approximate surface area is 197 Å². The third kappa shape index (κ3) is 5.90. The number of rotatable bonds is 5. The lowest BCUT2D eigenvalue weighted by molar-refractivity contribution is 0.0976. The Morgan fingerprint density at radius 2 is 1.09 bits per heavy atom. The summed E-state index contributed by atoms with van der Waals surface area (Å²) in [6.07, 6.45) is 0. The van der Waals surface area contributed by atoms with Gasteiger partial charge in [0.25, 0.3) is 11.8 Å². The van der Waals surface area contributed by atoms with E-state index in [4.69, 9.17) is 12.2 Å². The smallest absolute Gasteiger partial charge is 0.257 e. The summed E-state index contributed by atoms with van der Waals surface area (Å²) in [6.45, 7) is 0. The van der Waals surface area contributed by atoms with Crippen LogP contribution in [0.25, 0.3) is 11.1 Å². The van der Waals surface area contributed by atoms with Crippen molar-refractivity contribution in [3.8, 4) is 11.1 Å². The van der Waals surface area contributed by atoms with Crippen molar-refractivity contribution in [3.63, 3.8) is 0 Å². The molecule has 0 fully saturated rings. The van der Waals surface area contributed by atoms with Crippen molar-refractivity contribution in [3.05, 3.63) is 120 Å². The fraction of sp³-hybridized carbons (Fsp3) is 0. The summed E-state index contributed by atoms with van der Waals surface area (Å²) in [5, 5.41) is 8.68. The highest BCUT2D eigenvalue weighted by Gasteiger charge is 2.10. The molecule has 0 aromatic heterocycles. The van der Waals surface area contributed by atoms with Crippen LogP contribution >= 0.6 is 12.2 Å². The number of thiocarbonyl (C=S) groups is 1. The molecule has 4 aromatic carbocycles. The fourth-order valence-electron chi connectivity index (χ4n) is 3.25. The second-order valence-electron chi connectivity index (χ2n) is 7.25. The molecular formula is C27H21N3O2S. The van der Waals surface area contributed by atoms with Gasteiger partial charge in [-0.3, -0.25) is 14.9 Å². The summed E-state index contributed by atoms with van der Waals surface area (Å²) in [7, 11) is 0. The van der Waals surface area contributed by atoms with E-state index in [0.717, 1.165) is 11.1 Å². The minimum absolute atomic E-state index is 0.165. The third-order valence-corrected chi connectivity index (χ3v) is 5.10. The minimum atomic E-state index is -0.305. The lowest BCUT2D eigenvalue weighted by Crippen LogP contribution is -2.34. The van der Waals surface area contributed by atoms with Gasteiger partial charge in [-0.05, 0) is 65.8 Å². The highest BCUT2D eigenvalue weighted by Crippen LogP contribution is 2.19. The maximum atomic E-state index is 12.6. The van der Waals surface area contributed by atoms with Crippen LogP contribution < -0.4 is 16.0 Å². The van der Waals surface area contributed by atoms with Crippen LogP contribution in [0, 0.1) is 0 Å². The van der Waals surface area contributed by atoms with Gasteiger partial charge in [0.15, 0.2) is 5.11 Å². The number of hydrogen-bond acceptors (Lipinski definition) is 3. The average molecular weight is 452 g/mol. The summed E-state index contributed by atoms with van der Waals surface area (Å²) in [6, 6.07) is 33.4. The molecule has 0 radical (unpaired) electrons. The molecule has 3 N–H and O–H groups in total. The van der Waals surface area contributed by atoms with E-state index in [9.17, 15) is 9.59 Å². The van der Waals surface area contributed by atoms with Gasteiger partial charge in [-0.15, -0.1) is 0 Å². The summed E-state index contributed by atoms with van der Waals surface area (Å²) in [4.78, 5) is 24.9. The van der Waals surface area contributed by atoms with E-state index in [1.54, 1.807) is 48.5 Å². The van der Waals surface area contributed by atoms with Gasteiger partial charge in [0.05, 0.1) is 0 Å². The topological polar surface area (TPSA) is 70.2 Å². The Kier molecular flexibility index (Phi) is 6.87. The first kappa shape index (κ1) is 21.9. The molecule has 4 aromatic rings. The summed E-state index contributed by atoms with van der Waals surface area (Å²) >= 11 is 5.29. The number of carbonyl (C=O) groups is 2. The number of carbonyl (C=O) groups excluding carboxylic acids is 2. The Balaban J connectivity index is 1.35. The van der Waals surface area contributed by atoms with E-state index in [2.05, 4.69) is 16.0 Å². The molecule has 5 nitrogen and oxygen atoms in total. The molecule has 4 rings (SSSR count). The second-order valence-corrected chi connectivity index (χ2v) is 7.66. The highest BCUT2D eigenvalue weighted by molar-refractivity contribution is 7.80. The lowest BCUT2D eigenvalue weighted by atomic mass is 10.0. The van der Waals surface area contributed by atoms with E-state index < -0.39 is 0 Å². The number of nitrogens with one attached hydrogen (secondary N) is 3. The van der Waals surface area contributed by atoms with E-state index in [-0.39, 0.29) is 16.9 Å². The van der Waals surface area contributed by atoms with Gasteiger partial charge in [0.2, 0.25) is 0 Å². The zero-order chi connectivity index (χ0) is 23.0. The zero-order valence-corrected chi connectivity index (χ0v) is 18.4. The van der Waals surface area contributed by atoms with Gasteiger partial charge in [-0.1, -0.05) is 66.7 Å². The predicted octanol–water partition coefficient (Wildman–Crippen LogP) is 5.73. The first-order chi connectivity index (χ1) is 16.1. The van der Waals surface area contributed by atoms with Crippen molar-refractivity contribution < 1.29 is 9.59 Å². The Morgan fingerprint density at radius 3 is 1.76 bits per heavy atom. The van der Waals surface area contributed by atoms with E-state index in [1.165, 1.54) is 0 Å². The molecule has 0 unspecified atom stereocenters. The highest BCUT2D eigenvalue weighted by atomic mass is 32.1. The molecular weight excluding hydrogens is 430 g/mol. The molecule has 0 heterocycles. The molecule has 0 atom stereocenters. The van der Waals surface area contributed by atoms with Crippen LogP contribution in [0.3, 0.4) is 0 Å². The molecule has 2 amide bonds. The van der Waals surface area contributed by atoms with Gasteiger partial charge < -0.3 is 10.6 Å². The largest absolute Gasteiger partial charge is 0.332 e. The molecule has 0 saturated heterocycles. The van der Waals surface area contributed by atoms with Crippen LogP contribution in [0.2, 0.25) is 0 Å². The Hall–Kier alpha value is -4.29. The van der Waals surface area contributed by atoms with Crippen LogP contribution in [-0.4, -0.2) is 16.9 Å². The van der Waals surface area contributed by atoms with E-state index in [0.29, 0.717) is 22.5 Å². The van der Waals surface area contributed by atoms with Crippen molar-refractivity contribution >= 4 is 40.5 Å². The Morgan fingerprint density at radius 1 is 0.545 bits per heavy atom. The molecule has 6 heteroatoms. The third-order valence-electron chi connectivity index (χ3n) is 4.90. The van der Waals surface area contributed by atoms with Crippen LogP contribution in [0.4, 0.5) is 11.4 Å². The molecule has 0 saturated carbocycles. The SMILES string of the molecule is O=C(NC(=S)Nc1cccc(NC(=O)c2ccccc2)c1)c1ccc(-c2ccccc2)cc1. The second kappa shape index (κ2) is 10.3. The van der Waals surface area contributed by atoms with Crippen molar-refractivity contribution in [2.45, 2.75) is 0 Å². The molecule has 0 spiro atoms. The summed E-state index contributed by atoms with van der Waals surface area (Å²) in [5.74, 6) is -0.511. The molecule has 162 valence electrons. The number of amides is 2. The minimum Gasteiger partial charge on any atom is -0.332 e. The Bertz CT molecular complexity index is 1270. The number of hydrogen-bond donors (Lipinski definition) is 3. The van der Waals surface area contributed by atoms with Crippen LogP contribution in [0.1, 0.15) is 20.7 Å². The van der Waals surface area contributed by atoms with Gasteiger partial charge in [0.1, 0.15) is 0 Å². The first-order valence-corrected chi connectivity index (χ1v) is 10.7. The van der Waals surface area contributed by atoms with Crippen LogP contribution in [0.5, 0.6) is 0 Å². The van der Waals surface area contributed by atoms with Gasteiger partial charge in [0, 0.05) is 22.5 Å². The van der Waals surface area contributed by atoms with E-state index in [1.807, 2.05) is 60.7 Å². The summed E-state index contributed by atoms with van der Waals surface area (Å²) < 4.78 is 0. The molecule has 33 heavy (non-hydrogen) atoms. The molecule has 0 aliphatic heterocycles. The summed E-state index contributed by atoms with van der Waals surface area (Å²) in [5.41, 5.74) is 4.44. The van der Waals surface area contributed by atoms with Crippen molar-refractivity contribution in [2.24, 2.45) is 0 Å². The zero-order valence-electron chi connectivity index (χ0n) is 17.6. The van der Waals surface area contributed by atoms with Gasteiger partial charge in [-0.25, -0.2) is 0 Å². The van der Waals surface area contributed by atoms with Crippen molar-refractivity contribution in [1.82, 2.24) is 5.32 Å². The van der Waals surface area contributed by atoms with E-state index >= 15 is 0 Å². The molecule has 0 aliphatic carbocycles. The number of benzene rings is 4. The maximum Gasteiger partial charge on any atom is 0.257 e. The van der Waals surface area contributed by atoms with Crippen LogP contribution in [-0.2, 0) is 0 Å². The lowest BCUT2D eigenvalue weighted by Gasteiger charge is -2.12. The van der Waals surface area contributed by atoms with Gasteiger partial charge in [-0.2, -0.15) is 0 Å². The monoisotopic (exact) mass is 451 g/mol. The molecule has 0 bridgehead atoms. The first-order valence-electron chi connectivity index (χ1n) is 10.3. The van der Waals surface area contributed by atoms with Crippen molar-refractivity contribution in [2.75, 3.05) is 10.6 Å². The normalized spacial score (nSPS) is 10.2. The fourth-order valence-corrected chi connectivity index (χ4v) is 3.46.